The molecule has 0 saturated heterocycles. The van der Waals surface area contributed by atoms with E-state index in [0.717, 1.165) is 11.8 Å². The van der Waals surface area contributed by atoms with Crippen molar-refractivity contribution in [3.63, 3.8) is 0 Å². The van der Waals surface area contributed by atoms with E-state index in [1.165, 1.54) is 42.6 Å². The smallest absolute Gasteiger partial charge is 0.0406 e. The molecule has 1 nitrogen and oxygen atoms in total. The topological polar surface area (TPSA) is 12.0 Å². The Morgan fingerprint density at radius 1 is 1.20 bits per heavy atom. The standard InChI is InChI=1S/C14H19N/c1-9-6-10(2)14-12(7-9)13(8-15-14)11-4-3-5-11/h6-7,11,13,15H,3-5,8H2,1-2H3. The molecule has 3 rings (SSSR count). The molecule has 0 aromatic heterocycles. The fourth-order valence-corrected chi connectivity index (χ4v) is 3.12. The molecule has 1 fully saturated rings. The summed E-state index contributed by atoms with van der Waals surface area (Å²) in [7, 11) is 0. The number of aryl methyl sites for hydroxylation is 2. The molecule has 1 saturated carbocycles. The predicted molar refractivity (Wildman–Crippen MR) is 64.5 cm³/mol. The minimum Gasteiger partial charge on any atom is -0.384 e. The van der Waals surface area contributed by atoms with Crippen LogP contribution in [0.4, 0.5) is 5.69 Å². The summed E-state index contributed by atoms with van der Waals surface area (Å²) in [6.45, 7) is 5.61. The molecule has 15 heavy (non-hydrogen) atoms. The molecule has 1 aromatic rings. The lowest BCUT2D eigenvalue weighted by Gasteiger charge is -2.31. The van der Waals surface area contributed by atoms with Crippen molar-refractivity contribution in [2.75, 3.05) is 11.9 Å². The van der Waals surface area contributed by atoms with Gasteiger partial charge in [-0.05, 0) is 43.7 Å². The highest BCUT2D eigenvalue weighted by Crippen LogP contribution is 2.45. The van der Waals surface area contributed by atoms with E-state index in [1.54, 1.807) is 5.56 Å². The quantitative estimate of drug-likeness (QED) is 0.732. The van der Waals surface area contributed by atoms with Gasteiger partial charge in [-0.25, -0.2) is 0 Å². The van der Waals surface area contributed by atoms with Gasteiger partial charge in [-0.15, -0.1) is 0 Å². The molecule has 1 N–H and O–H groups in total. The third-order valence-corrected chi connectivity index (χ3v) is 4.13. The predicted octanol–water partition coefficient (Wildman–Crippen LogP) is 3.61. The van der Waals surface area contributed by atoms with Crippen molar-refractivity contribution in [1.29, 1.82) is 0 Å². The van der Waals surface area contributed by atoms with Gasteiger partial charge in [0.25, 0.3) is 0 Å². The maximum atomic E-state index is 3.59. The average Bonchev–Trinajstić information content (AvgIpc) is 2.46. The molecule has 1 atom stereocenters. The number of rotatable bonds is 1. The van der Waals surface area contributed by atoms with Gasteiger partial charge in [-0.1, -0.05) is 24.1 Å². The lowest BCUT2D eigenvalue weighted by molar-refractivity contribution is 0.272. The Balaban J connectivity index is 2.01. The molecule has 1 aliphatic heterocycles. The van der Waals surface area contributed by atoms with Crippen molar-refractivity contribution in [2.45, 2.75) is 39.0 Å². The van der Waals surface area contributed by atoms with Crippen LogP contribution in [0.2, 0.25) is 0 Å². The molecule has 1 unspecified atom stereocenters. The molecule has 0 spiro atoms. The molecule has 0 amide bonds. The van der Waals surface area contributed by atoms with Crippen LogP contribution in [0.1, 0.15) is 41.9 Å². The molecule has 1 heteroatoms. The van der Waals surface area contributed by atoms with Gasteiger partial charge in [0.2, 0.25) is 0 Å². The Morgan fingerprint density at radius 2 is 2.00 bits per heavy atom. The minimum absolute atomic E-state index is 0.798. The second-order valence-electron chi connectivity index (χ2n) is 5.22. The van der Waals surface area contributed by atoms with E-state index in [-0.39, 0.29) is 0 Å². The number of hydrogen-bond donors (Lipinski definition) is 1. The Labute approximate surface area is 91.9 Å². The summed E-state index contributed by atoms with van der Waals surface area (Å²) in [6, 6.07) is 4.68. The van der Waals surface area contributed by atoms with Gasteiger partial charge in [0.05, 0.1) is 0 Å². The van der Waals surface area contributed by atoms with E-state index in [1.807, 2.05) is 0 Å². The minimum atomic E-state index is 0.798. The molecule has 1 heterocycles. The lowest BCUT2D eigenvalue weighted by Crippen LogP contribution is -2.21. The summed E-state index contributed by atoms with van der Waals surface area (Å²) in [4.78, 5) is 0. The summed E-state index contributed by atoms with van der Waals surface area (Å²) in [5.74, 6) is 1.76. The maximum absolute atomic E-state index is 3.59. The maximum Gasteiger partial charge on any atom is 0.0406 e. The normalized spacial score (nSPS) is 24.5. The molecule has 1 aromatic carbocycles. The molecular weight excluding hydrogens is 182 g/mol. The summed E-state index contributed by atoms with van der Waals surface area (Å²) in [5, 5.41) is 3.59. The zero-order valence-corrected chi connectivity index (χ0v) is 9.64. The highest BCUT2D eigenvalue weighted by atomic mass is 14.9. The number of hydrogen-bond acceptors (Lipinski definition) is 1. The highest BCUT2D eigenvalue weighted by Gasteiger charge is 2.33. The molecule has 0 radical (unpaired) electrons. The highest BCUT2D eigenvalue weighted by molar-refractivity contribution is 5.64. The van der Waals surface area contributed by atoms with E-state index in [0.29, 0.717) is 0 Å². The van der Waals surface area contributed by atoms with Crippen LogP contribution in [-0.4, -0.2) is 6.54 Å². The van der Waals surface area contributed by atoms with Crippen molar-refractivity contribution in [3.8, 4) is 0 Å². The van der Waals surface area contributed by atoms with Crippen molar-refractivity contribution < 1.29 is 0 Å². The van der Waals surface area contributed by atoms with Crippen LogP contribution in [0.25, 0.3) is 0 Å². The van der Waals surface area contributed by atoms with Gasteiger partial charge >= 0.3 is 0 Å². The fourth-order valence-electron chi connectivity index (χ4n) is 3.12. The summed E-state index contributed by atoms with van der Waals surface area (Å²) in [5.41, 5.74) is 5.86. The third kappa shape index (κ3) is 1.37. The van der Waals surface area contributed by atoms with Gasteiger partial charge in [0.15, 0.2) is 0 Å². The number of benzene rings is 1. The van der Waals surface area contributed by atoms with Gasteiger partial charge in [-0.3, -0.25) is 0 Å². The largest absolute Gasteiger partial charge is 0.384 e. The molecule has 1 aliphatic carbocycles. The van der Waals surface area contributed by atoms with Crippen LogP contribution in [0.15, 0.2) is 12.1 Å². The summed E-state index contributed by atoms with van der Waals surface area (Å²) >= 11 is 0. The first kappa shape index (κ1) is 9.26. The molecular formula is C14H19N. The van der Waals surface area contributed by atoms with Gasteiger partial charge in [-0.2, -0.15) is 0 Å². The SMILES string of the molecule is Cc1cc(C)c2c(c1)C(C1CCC1)CN2. The van der Waals surface area contributed by atoms with E-state index >= 15 is 0 Å². The Bertz CT molecular complexity index is 391. The first-order chi connectivity index (χ1) is 7.25. The monoisotopic (exact) mass is 201 g/mol. The Kier molecular flexibility index (Phi) is 2.01. The van der Waals surface area contributed by atoms with Crippen LogP contribution >= 0.6 is 0 Å². The second-order valence-corrected chi connectivity index (χ2v) is 5.22. The first-order valence-electron chi connectivity index (χ1n) is 6.11. The van der Waals surface area contributed by atoms with Crippen LogP contribution < -0.4 is 5.32 Å². The Hall–Kier alpha value is -0.980. The lowest BCUT2D eigenvalue weighted by atomic mass is 9.73. The first-order valence-corrected chi connectivity index (χ1v) is 6.11. The number of nitrogens with one attached hydrogen (secondary N) is 1. The van der Waals surface area contributed by atoms with Gasteiger partial charge < -0.3 is 5.32 Å². The van der Waals surface area contributed by atoms with Gasteiger partial charge in [0.1, 0.15) is 0 Å². The van der Waals surface area contributed by atoms with Crippen LogP contribution in [0.5, 0.6) is 0 Å². The molecule has 80 valence electrons. The van der Waals surface area contributed by atoms with E-state index in [4.69, 9.17) is 0 Å². The molecule has 2 aliphatic rings. The average molecular weight is 201 g/mol. The summed E-state index contributed by atoms with van der Waals surface area (Å²) in [6.07, 6.45) is 4.33. The van der Waals surface area contributed by atoms with Crippen molar-refractivity contribution >= 4 is 5.69 Å². The summed E-state index contributed by atoms with van der Waals surface area (Å²) < 4.78 is 0. The van der Waals surface area contributed by atoms with Crippen molar-refractivity contribution in [2.24, 2.45) is 5.92 Å². The van der Waals surface area contributed by atoms with Crippen molar-refractivity contribution in [3.05, 3.63) is 28.8 Å². The number of anilines is 1. The van der Waals surface area contributed by atoms with Crippen LogP contribution in [0.3, 0.4) is 0 Å². The van der Waals surface area contributed by atoms with E-state index in [2.05, 4.69) is 31.3 Å². The molecule has 0 bridgehead atoms. The van der Waals surface area contributed by atoms with Crippen LogP contribution in [0, 0.1) is 19.8 Å². The number of fused-ring (bicyclic) bond motifs is 1. The Morgan fingerprint density at radius 3 is 2.67 bits per heavy atom. The van der Waals surface area contributed by atoms with Gasteiger partial charge in [0, 0.05) is 18.2 Å². The van der Waals surface area contributed by atoms with E-state index < -0.39 is 0 Å². The van der Waals surface area contributed by atoms with Crippen LogP contribution in [-0.2, 0) is 0 Å². The van der Waals surface area contributed by atoms with Crippen molar-refractivity contribution in [1.82, 2.24) is 0 Å². The third-order valence-electron chi connectivity index (χ3n) is 4.13. The second kappa shape index (κ2) is 3.26. The van der Waals surface area contributed by atoms with E-state index in [9.17, 15) is 0 Å². The zero-order chi connectivity index (χ0) is 10.4. The zero-order valence-electron chi connectivity index (χ0n) is 9.64. The fraction of sp³-hybridized carbons (Fsp3) is 0.571.